The highest BCUT2D eigenvalue weighted by molar-refractivity contribution is 4.65. The van der Waals surface area contributed by atoms with Crippen LogP contribution >= 0.6 is 0 Å². The number of rotatable bonds is 0. The van der Waals surface area contributed by atoms with E-state index >= 15 is 0 Å². The first kappa shape index (κ1) is 11.7. The average molecular weight is 134 g/mol. The second-order valence-electron chi connectivity index (χ2n) is 1.53. The molecule has 0 heterocycles. The van der Waals surface area contributed by atoms with Crippen molar-refractivity contribution >= 4 is 0 Å². The SMILES string of the molecule is CC.CC.FC1CCC1. The highest BCUT2D eigenvalue weighted by atomic mass is 19.1. The minimum absolute atomic E-state index is 0.435. The molecule has 1 heteroatoms. The molecule has 0 bridgehead atoms. The van der Waals surface area contributed by atoms with Crippen LogP contribution in [0.2, 0.25) is 0 Å². The van der Waals surface area contributed by atoms with Crippen molar-refractivity contribution in [3.8, 4) is 0 Å². The molecule has 0 aromatic rings. The second-order valence-corrected chi connectivity index (χ2v) is 1.53. The van der Waals surface area contributed by atoms with Gasteiger partial charge in [0.2, 0.25) is 0 Å². The summed E-state index contributed by atoms with van der Waals surface area (Å²) in [5.74, 6) is 0. The molecule has 0 nitrogen and oxygen atoms in total. The quantitative estimate of drug-likeness (QED) is 0.475. The standard InChI is InChI=1S/C4H7F.2C2H6/c5-4-2-1-3-4;2*1-2/h4H,1-3H2;2*1-2H3. The van der Waals surface area contributed by atoms with Gasteiger partial charge in [0.25, 0.3) is 0 Å². The molecule has 0 spiro atoms. The molecular formula is C8H19F. The first-order chi connectivity index (χ1) is 4.39. The fourth-order valence-corrected chi connectivity index (χ4v) is 0.358. The van der Waals surface area contributed by atoms with E-state index in [0.717, 1.165) is 19.3 Å². The summed E-state index contributed by atoms with van der Waals surface area (Å²) in [7, 11) is 0. The zero-order chi connectivity index (χ0) is 7.70. The number of halogens is 1. The summed E-state index contributed by atoms with van der Waals surface area (Å²) < 4.78 is 11.5. The highest BCUT2D eigenvalue weighted by Crippen LogP contribution is 2.20. The Morgan fingerprint density at radius 2 is 1.22 bits per heavy atom. The van der Waals surface area contributed by atoms with Gasteiger partial charge >= 0.3 is 0 Å². The molecule has 0 unspecified atom stereocenters. The van der Waals surface area contributed by atoms with Gasteiger partial charge in [0, 0.05) is 0 Å². The largest absolute Gasteiger partial charge is 0.247 e. The van der Waals surface area contributed by atoms with Gasteiger partial charge in [-0.25, -0.2) is 4.39 Å². The van der Waals surface area contributed by atoms with Crippen LogP contribution in [0.1, 0.15) is 47.0 Å². The molecule has 1 aliphatic rings. The smallest absolute Gasteiger partial charge is 0.100 e. The minimum atomic E-state index is -0.435. The molecule has 1 aliphatic carbocycles. The van der Waals surface area contributed by atoms with E-state index in [2.05, 4.69) is 0 Å². The Morgan fingerprint density at radius 3 is 1.22 bits per heavy atom. The summed E-state index contributed by atoms with van der Waals surface area (Å²) in [6, 6.07) is 0. The Labute approximate surface area is 58.5 Å². The van der Waals surface area contributed by atoms with E-state index in [-0.39, 0.29) is 0 Å². The Kier molecular flexibility index (Phi) is 14.1. The lowest BCUT2D eigenvalue weighted by molar-refractivity contribution is 0.211. The summed E-state index contributed by atoms with van der Waals surface area (Å²) in [5, 5.41) is 0. The van der Waals surface area contributed by atoms with Gasteiger partial charge in [-0.3, -0.25) is 0 Å². The van der Waals surface area contributed by atoms with Crippen molar-refractivity contribution < 1.29 is 4.39 Å². The fourth-order valence-electron chi connectivity index (χ4n) is 0.358. The Bertz CT molecular complexity index is 31.5. The second kappa shape index (κ2) is 10.8. The lowest BCUT2D eigenvalue weighted by atomic mass is 9.98. The van der Waals surface area contributed by atoms with Crippen LogP contribution in [0.4, 0.5) is 4.39 Å². The van der Waals surface area contributed by atoms with Crippen molar-refractivity contribution in [3.63, 3.8) is 0 Å². The lowest BCUT2D eigenvalue weighted by Gasteiger charge is -2.14. The predicted octanol–water partition coefficient (Wildman–Crippen LogP) is 3.56. The molecule has 0 aromatic carbocycles. The van der Waals surface area contributed by atoms with Gasteiger partial charge < -0.3 is 0 Å². The number of hydrogen-bond acceptors (Lipinski definition) is 0. The molecule has 1 rings (SSSR count). The zero-order valence-corrected chi connectivity index (χ0v) is 7.08. The maximum atomic E-state index is 11.5. The van der Waals surface area contributed by atoms with Crippen molar-refractivity contribution in [1.29, 1.82) is 0 Å². The van der Waals surface area contributed by atoms with Crippen molar-refractivity contribution in [2.24, 2.45) is 0 Å². The fraction of sp³-hybridized carbons (Fsp3) is 1.00. The van der Waals surface area contributed by atoms with Crippen molar-refractivity contribution in [1.82, 2.24) is 0 Å². The van der Waals surface area contributed by atoms with Crippen molar-refractivity contribution in [2.75, 3.05) is 0 Å². The van der Waals surface area contributed by atoms with Crippen molar-refractivity contribution in [2.45, 2.75) is 53.1 Å². The van der Waals surface area contributed by atoms with Gasteiger partial charge in [-0.1, -0.05) is 27.7 Å². The third-order valence-corrected chi connectivity index (χ3v) is 1.03. The van der Waals surface area contributed by atoms with Gasteiger partial charge in [-0.2, -0.15) is 0 Å². The Morgan fingerprint density at radius 1 is 1.00 bits per heavy atom. The number of hydrogen-bond donors (Lipinski definition) is 0. The predicted molar refractivity (Wildman–Crippen MR) is 41.4 cm³/mol. The summed E-state index contributed by atoms with van der Waals surface area (Å²) in [5.41, 5.74) is 0. The van der Waals surface area contributed by atoms with Crippen LogP contribution in [0.25, 0.3) is 0 Å². The summed E-state index contributed by atoms with van der Waals surface area (Å²) >= 11 is 0. The zero-order valence-electron chi connectivity index (χ0n) is 7.08. The van der Waals surface area contributed by atoms with Crippen LogP contribution < -0.4 is 0 Å². The van der Waals surface area contributed by atoms with E-state index < -0.39 is 6.17 Å². The molecule has 0 aromatic heterocycles. The van der Waals surface area contributed by atoms with Crippen LogP contribution in [0.15, 0.2) is 0 Å². The number of alkyl halides is 1. The average Bonchev–Trinajstić information content (AvgIpc) is 1.93. The molecule has 1 fully saturated rings. The van der Waals surface area contributed by atoms with Crippen LogP contribution in [0, 0.1) is 0 Å². The van der Waals surface area contributed by atoms with Gasteiger partial charge in [0.1, 0.15) is 6.17 Å². The summed E-state index contributed by atoms with van der Waals surface area (Å²) in [6.45, 7) is 8.00. The molecular weight excluding hydrogens is 115 g/mol. The van der Waals surface area contributed by atoms with E-state index in [1.54, 1.807) is 0 Å². The van der Waals surface area contributed by atoms with Crippen molar-refractivity contribution in [3.05, 3.63) is 0 Å². The van der Waals surface area contributed by atoms with Crippen LogP contribution in [0.3, 0.4) is 0 Å². The molecule has 9 heavy (non-hydrogen) atoms. The minimum Gasteiger partial charge on any atom is -0.247 e. The Hall–Kier alpha value is -0.0700. The maximum Gasteiger partial charge on any atom is 0.100 e. The summed E-state index contributed by atoms with van der Waals surface area (Å²) in [6.07, 6.45) is 2.32. The van der Waals surface area contributed by atoms with Crippen LogP contribution in [-0.2, 0) is 0 Å². The van der Waals surface area contributed by atoms with E-state index in [1.165, 1.54) is 0 Å². The van der Waals surface area contributed by atoms with E-state index in [1.807, 2.05) is 27.7 Å². The van der Waals surface area contributed by atoms with Gasteiger partial charge in [0.05, 0.1) is 0 Å². The molecule has 0 atom stereocenters. The normalized spacial score (nSPS) is 15.7. The monoisotopic (exact) mass is 134 g/mol. The van der Waals surface area contributed by atoms with E-state index in [9.17, 15) is 4.39 Å². The molecule has 0 saturated heterocycles. The Balaban J connectivity index is 0. The van der Waals surface area contributed by atoms with Gasteiger partial charge in [-0.05, 0) is 19.3 Å². The third-order valence-electron chi connectivity index (χ3n) is 1.03. The topological polar surface area (TPSA) is 0 Å². The van der Waals surface area contributed by atoms with Crippen LogP contribution in [-0.4, -0.2) is 6.17 Å². The highest BCUT2D eigenvalue weighted by Gasteiger charge is 2.14. The molecule has 1 saturated carbocycles. The molecule has 0 N–H and O–H groups in total. The molecule has 58 valence electrons. The lowest BCUT2D eigenvalue weighted by Crippen LogP contribution is -2.09. The van der Waals surface area contributed by atoms with E-state index in [4.69, 9.17) is 0 Å². The maximum absolute atomic E-state index is 11.5. The van der Waals surface area contributed by atoms with Gasteiger partial charge in [0.15, 0.2) is 0 Å². The molecule has 0 aliphatic heterocycles. The van der Waals surface area contributed by atoms with E-state index in [0.29, 0.717) is 0 Å². The molecule has 0 amide bonds. The first-order valence-corrected chi connectivity index (χ1v) is 4.03. The third kappa shape index (κ3) is 7.93. The first-order valence-electron chi connectivity index (χ1n) is 4.03. The molecule has 0 radical (unpaired) electrons. The summed E-state index contributed by atoms with van der Waals surface area (Å²) in [4.78, 5) is 0. The van der Waals surface area contributed by atoms with Gasteiger partial charge in [-0.15, -0.1) is 0 Å². The van der Waals surface area contributed by atoms with Crippen LogP contribution in [0.5, 0.6) is 0 Å².